The lowest BCUT2D eigenvalue weighted by atomic mass is 9.80. The zero-order valence-electron chi connectivity index (χ0n) is 14.5. The van der Waals surface area contributed by atoms with E-state index in [4.69, 9.17) is 14.5 Å². The first-order chi connectivity index (χ1) is 11.7. The second-order valence-corrected chi connectivity index (χ2v) is 6.75. The number of methoxy groups -OCH3 is 1. The number of aliphatic imine (C=N–C) groups is 1. The van der Waals surface area contributed by atoms with Gasteiger partial charge in [-0.2, -0.15) is 0 Å². The van der Waals surface area contributed by atoms with Gasteiger partial charge in [0.25, 0.3) is 0 Å². The molecule has 0 spiro atoms. The lowest BCUT2D eigenvalue weighted by Crippen LogP contribution is -2.56. The normalized spacial score (nSPS) is 21.9. The molecule has 1 aromatic rings. The largest absolute Gasteiger partial charge is 0.504 e. The summed E-state index contributed by atoms with van der Waals surface area (Å²) in [5, 5.41) is 10.2. The number of rotatable bonds is 5. The highest BCUT2D eigenvalue weighted by Gasteiger charge is 2.38. The Morgan fingerprint density at radius 1 is 1.25 bits per heavy atom. The Balaban J connectivity index is 1.73. The number of phenolic OH excluding ortho intramolecular Hbond substituents is 1. The highest BCUT2D eigenvalue weighted by atomic mass is 16.5. The third-order valence-electron chi connectivity index (χ3n) is 5.33. The molecule has 132 valence electrons. The molecular weight excluding hydrogens is 304 g/mol. The van der Waals surface area contributed by atoms with Crippen LogP contribution < -0.4 is 4.74 Å². The second kappa shape index (κ2) is 7.99. The number of morpholine rings is 1. The molecule has 0 atom stereocenters. The minimum Gasteiger partial charge on any atom is -0.504 e. The van der Waals surface area contributed by atoms with Gasteiger partial charge in [-0.3, -0.25) is 9.89 Å². The summed E-state index contributed by atoms with van der Waals surface area (Å²) in [4.78, 5) is 7.31. The summed E-state index contributed by atoms with van der Waals surface area (Å²) in [6.07, 6.45) is 8.07. The van der Waals surface area contributed by atoms with Crippen LogP contribution in [0, 0.1) is 0 Å². The Labute approximate surface area is 144 Å². The van der Waals surface area contributed by atoms with Crippen LogP contribution in [0.2, 0.25) is 0 Å². The molecular formula is C19H28N2O3. The van der Waals surface area contributed by atoms with Crippen molar-refractivity contribution in [1.82, 2.24) is 4.90 Å². The quantitative estimate of drug-likeness (QED) is 0.843. The first-order valence-electron chi connectivity index (χ1n) is 8.94. The van der Waals surface area contributed by atoms with E-state index in [2.05, 4.69) is 4.90 Å². The van der Waals surface area contributed by atoms with Crippen LogP contribution in [0.15, 0.2) is 23.2 Å². The molecule has 1 saturated heterocycles. The number of hydrogen-bond donors (Lipinski definition) is 1. The van der Waals surface area contributed by atoms with Crippen molar-refractivity contribution in [2.24, 2.45) is 4.99 Å². The highest BCUT2D eigenvalue weighted by molar-refractivity contribution is 5.84. The lowest BCUT2D eigenvalue weighted by molar-refractivity contribution is -0.0332. The van der Waals surface area contributed by atoms with Gasteiger partial charge in [-0.15, -0.1) is 0 Å². The van der Waals surface area contributed by atoms with Gasteiger partial charge in [0, 0.05) is 30.4 Å². The summed E-state index contributed by atoms with van der Waals surface area (Å²) >= 11 is 0. The van der Waals surface area contributed by atoms with E-state index in [1.807, 2.05) is 12.1 Å². The summed E-state index contributed by atoms with van der Waals surface area (Å²) in [5.74, 6) is 0.646. The summed E-state index contributed by atoms with van der Waals surface area (Å²) < 4.78 is 10.7. The average Bonchev–Trinajstić information content (AvgIpc) is 2.65. The van der Waals surface area contributed by atoms with Crippen molar-refractivity contribution in [3.05, 3.63) is 23.8 Å². The van der Waals surface area contributed by atoms with Crippen LogP contribution in [0.25, 0.3) is 0 Å². The Kier molecular flexibility index (Phi) is 5.74. The van der Waals surface area contributed by atoms with Gasteiger partial charge < -0.3 is 14.6 Å². The van der Waals surface area contributed by atoms with Crippen LogP contribution in [0.4, 0.5) is 0 Å². The van der Waals surface area contributed by atoms with Gasteiger partial charge in [0.05, 0.1) is 26.9 Å². The molecule has 0 unspecified atom stereocenters. The molecule has 1 aliphatic heterocycles. The highest BCUT2D eigenvalue weighted by Crippen LogP contribution is 2.35. The summed E-state index contributed by atoms with van der Waals surface area (Å²) in [6, 6.07) is 5.49. The molecule has 0 aromatic heterocycles. The number of nitrogens with zero attached hydrogens (tertiary/aromatic N) is 2. The number of aromatic hydroxyl groups is 1. The van der Waals surface area contributed by atoms with Gasteiger partial charge in [0.1, 0.15) is 0 Å². The van der Waals surface area contributed by atoms with Gasteiger partial charge in [-0.1, -0.05) is 25.3 Å². The molecule has 1 aromatic carbocycles. The number of hydrogen-bond acceptors (Lipinski definition) is 5. The topological polar surface area (TPSA) is 54.3 Å². The fourth-order valence-electron chi connectivity index (χ4n) is 3.94. The molecule has 1 aliphatic carbocycles. The van der Waals surface area contributed by atoms with Gasteiger partial charge in [-0.25, -0.2) is 0 Å². The molecule has 0 bridgehead atoms. The minimum atomic E-state index is 0.160. The zero-order valence-corrected chi connectivity index (χ0v) is 14.5. The van der Waals surface area contributed by atoms with Crippen LogP contribution in [-0.2, 0) is 4.74 Å². The third kappa shape index (κ3) is 3.73. The average molecular weight is 332 g/mol. The smallest absolute Gasteiger partial charge is 0.166 e. The van der Waals surface area contributed by atoms with Crippen molar-refractivity contribution < 1.29 is 14.6 Å². The molecule has 1 heterocycles. The van der Waals surface area contributed by atoms with Crippen molar-refractivity contribution in [1.29, 1.82) is 0 Å². The molecule has 5 heteroatoms. The first-order valence-corrected chi connectivity index (χ1v) is 8.94. The van der Waals surface area contributed by atoms with Crippen molar-refractivity contribution in [3.63, 3.8) is 0 Å². The fraction of sp³-hybridized carbons (Fsp3) is 0.632. The maximum atomic E-state index is 10.2. The predicted octanol–water partition coefficient (Wildman–Crippen LogP) is 2.85. The van der Waals surface area contributed by atoms with Crippen LogP contribution in [0.3, 0.4) is 0 Å². The van der Waals surface area contributed by atoms with Crippen LogP contribution in [0.1, 0.15) is 37.7 Å². The van der Waals surface area contributed by atoms with E-state index < -0.39 is 0 Å². The molecule has 2 fully saturated rings. The maximum Gasteiger partial charge on any atom is 0.166 e. The van der Waals surface area contributed by atoms with Crippen LogP contribution >= 0.6 is 0 Å². The van der Waals surface area contributed by atoms with E-state index in [1.54, 1.807) is 19.4 Å². The lowest BCUT2D eigenvalue weighted by Gasteiger charge is -2.47. The number of phenols is 1. The van der Waals surface area contributed by atoms with Crippen LogP contribution in [0.5, 0.6) is 11.5 Å². The van der Waals surface area contributed by atoms with Gasteiger partial charge in [0.15, 0.2) is 11.5 Å². The SMILES string of the molecule is COc1cccc(C=NCC2(N3CCOCC3)CCCCC2)c1O. The molecule has 0 radical (unpaired) electrons. The first kappa shape index (κ1) is 17.2. The number of benzene rings is 1. The molecule has 1 saturated carbocycles. The van der Waals surface area contributed by atoms with E-state index in [1.165, 1.54) is 32.1 Å². The Bertz CT molecular complexity index is 562. The minimum absolute atomic E-state index is 0.160. The maximum absolute atomic E-state index is 10.2. The monoisotopic (exact) mass is 332 g/mol. The Morgan fingerprint density at radius 3 is 2.71 bits per heavy atom. The summed E-state index contributed by atoms with van der Waals surface area (Å²) in [7, 11) is 1.56. The molecule has 0 amide bonds. The van der Waals surface area contributed by atoms with E-state index in [0.29, 0.717) is 11.3 Å². The summed E-state index contributed by atoms with van der Waals surface area (Å²) in [5.41, 5.74) is 0.870. The van der Waals surface area contributed by atoms with Crippen molar-refractivity contribution >= 4 is 6.21 Å². The standard InChI is InChI=1S/C19H28N2O3/c1-23-17-7-5-6-16(18(17)22)14-20-15-19(8-3-2-4-9-19)21-10-12-24-13-11-21/h5-7,14,22H,2-4,8-13,15H2,1H3. The molecule has 1 N–H and O–H groups in total. The number of para-hydroxylation sites is 1. The Hall–Kier alpha value is -1.59. The van der Waals surface area contributed by atoms with E-state index in [9.17, 15) is 5.11 Å². The predicted molar refractivity (Wildman–Crippen MR) is 95.3 cm³/mol. The number of ether oxygens (including phenoxy) is 2. The van der Waals surface area contributed by atoms with Crippen molar-refractivity contribution in [2.45, 2.75) is 37.6 Å². The van der Waals surface area contributed by atoms with Gasteiger partial charge >= 0.3 is 0 Å². The van der Waals surface area contributed by atoms with E-state index in [0.717, 1.165) is 32.8 Å². The second-order valence-electron chi connectivity index (χ2n) is 6.75. The molecule has 2 aliphatic rings. The molecule has 24 heavy (non-hydrogen) atoms. The van der Waals surface area contributed by atoms with E-state index in [-0.39, 0.29) is 11.3 Å². The van der Waals surface area contributed by atoms with Crippen molar-refractivity contribution in [2.75, 3.05) is 40.0 Å². The van der Waals surface area contributed by atoms with E-state index >= 15 is 0 Å². The van der Waals surface area contributed by atoms with Gasteiger partial charge in [0.2, 0.25) is 0 Å². The van der Waals surface area contributed by atoms with Crippen LogP contribution in [-0.4, -0.2) is 61.7 Å². The van der Waals surface area contributed by atoms with Crippen molar-refractivity contribution in [3.8, 4) is 11.5 Å². The Morgan fingerprint density at radius 2 is 2.00 bits per heavy atom. The molecule has 5 nitrogen and oxygen atoms in total. The fourth-order valence-corrected chi connectivity index (χ4v) is 3.94. The van der Waals surface area contributed by atoms with Gasteiger partial charge in [-0.05, 0) is 25.0 Å². The molecule has 3 rings (SSSR count). The third-order valence-corrected chi connectivity index (χ3v) is 5.33. The summed E-state index contributed by atoms with van der Waals surface area (Å²) in [6.45, 7) is 4.42. The zero-order chi connectivity index (χ0) is 16.8.